The highest BCUT2D eigenvalue weighted by Crippen LogP contribution is 2.12. The number of amides is 1. The molecule has 1 amide bonds. The maximum Gasteiger partial charge on any atom is 0.273 e. The Hall–Kier alpha value is -2.22. The van der Waals surface area contributed by atoms with Gasteiger partial charge >= 0.3 is 0 Å². The minimum atomic E-state index is -3.02. The second kappa shape index (κ2) is 5.28. The predicted octanol–water partition coefficient (Wildman–Crippen LogP) is 0.184. The summed E-state index contributed by atoms with van der Waals surface area (Å²) in [7, 11) is -3.02. The number of nitrogens with zero attached hydrogens (tertiary/aromatic N) is 3. The van der Waals surface area contributed by atoms with E-state index in [1.807, 2.05) is 30.3 Å². The molecular weight excluding hydrogens is 292 g/mol. The summed E-state index contributed by atoms with van der Waals surface area (Å²) < 4.78 is 22.7. The summed E-state index contributed by atoms with van der Waals surface area (Å²) in [5, 5.41) is 10.8. The van der Waals surface area contributed by atoms with Crippen LogP contribution in [0.5, 0.6) is 0 Å². The van der Waals surface area contributed by atoms with Crippen LogP contribution in [0.2, 0.25) is 0 Å². The van der Waals surface area contributed by atoms with Crippen LogP contribution in [0.25, 0.3) is 5.69 Å². The van der Waals surface area contributed by atoms with Gasteiger partial charge in [0.25, 0.3) is 5.91 Å². The lowest BCUT2D eigenvalue weighted by molar-refractivity contribution is 0.0935. The van der Waals surface area contributed by atoms with E-state index in [1.165, 1.54) is 11.0 Å². The van der Waals surface area contributed by atoms with Crippen LogP contribution in [0.3, 0.4) is 0 Å². The fourth-order valence-corrected chi connectivity index (χ4v) is 3.89. The molecule has 3 rings (SSSR count). The third-order valence-electron chi connectivity index (χ3n) is 3.28. The second-order valence-corrected chi connectivity index (χ2v) is 7.16. The Morgan fingerprint density at radius 1 is 1.29 bits per heavy atom. The maximum atomic E-state index is 12.0. The van der Waals surface area contributed by atoms with Crippen molar-refractivity contribution in [3.05, 3.63) is 42.2 Å². The van der Waals surface area contributed by atoms with Crippen LogP contribution < -0.4 is 5.32 Å². The van der Waals surface area contributed by atoms with Crippen LogP contribution in [0.4, 0.5) is 0 Å². The first-order chi connectivity index (χ1) is 10.0. The van der Waals surface area contributed by atoms with E-state index >= 15 is 0 Å². The Labute approximate surface area is 121 Å². The highest BCUT2D eigenvalue weighted by atomic mass is 32.2. The van der Waals surface area contributed by atoms with Crippen molar-refractivity contribution in [1.29, 1.82) is 0 Å². The van der Waals surface area contributed by atoms with Gasteiger partial charge in [-0.25, -0.2) is 8.42 Å². The summed E-state index contributed by atoms with van der Waals surface area (Å²) >= 11 is 0. The Balaban J connectivity index is 1.70. The van der Waals surface area contributed by atoms with E-state index in [2.05, 4.69) is 15.5 Å². The Bertz CT molecular complexity index is 755. The molecule has 1 N–H and O–H groups in total. The van der Waals surface area contributed by atoms with Gasteiger partial charge in [-0.05, 0) is 18.6 Å². The number of para-hydroxylation sites is 1. The molecule has 1 atom stereocenters. The Morgan fingerprint density at radius 2 is 2.05 bits per heavy atom. The van der Waals surface area contributed by atoms with Gasteiger partial charge < -0.3 is 5.32 Å². The molecule has 1 aromatic carbocycles. The van der Waals surface area contributed by atoms with Crippen molar-refractivity contribution in [2.45, 2.75) is 12.5 Å². The number of carbonyl (C=O) groups is 1. The number of hydrogen-bond acceptors (Lipinski definition) is 5. The first kappa shape index (κ1) is 13.7. The molecule has 1 unspecified atom stereocenters. The average molecular weight is 306 g/mol. The third kappa shape index (κ3) is 3.10. The van der Waals surface area contributed by atoms with Crippen molar-refractivity contribution in [2.75, 3.05) is 11.5 Å². The van der Waals surface area contributed by atoms with Gasteiger partial charge in [0, 0.05) is 6.04 Å². The summed E-state index contributed by atoms with van der Waals surface area (Å²) in [5.41, 5.74) is 0.920. The highest BCUT2D eigenvalue weighted by molar-refractivity contribution is 7.91. The molecule has 2 heterocycles. The fraction of sp³-hybridized carbons (Fsp3) is 0.308. The van der Waals surface area contributed by atoms with Gasteiger partial charge in [0.15, 0.2) is 15.5 Å². The van der Waals surface area contributed by atoms with Crippen molar-refractivity contribution in [1.82, 2.24) is 20.3 Å². The molecule has 1 fully saturated rings. The normalized spacial score (nSPS) is 20.3. The lowest BCUT2D eigenvalue weighted by Crippen LogP contribution is -2.35. The van der Waals surface area contributed by atoms with E-state index in [1.54, 1.807) is 0 Å². The first-order valence-electron chi connectivity index (χ1n) is 6.52. The van der Waals surface area contributed by atoms with Crippen LogP contribution >= 0.6 is 0 Å². The molecular formula is C13H14N4O3S. The van der Waals surface area contributed by atoms with E-state index in [-0.39, 0.29) is 23.2 Å². The predicted molar refractivity (Wildman–Crippen MR) is 75.9 cm³/mol. The number of carbonyl (C=O) groups excluding carboxylic acids is 1. The topological polar surface area (TPSA) is 94.0 Å². The maximum absolute atomic E-state index is 12.0. The smallest absolute Gasteiger partial charge is 0.273 e. The number of nitrogens with one attached hydrogen (secondary N) is 1. The lowest BCUT2D eigenvalue weighted by atomic mass is 10.2. The zero-order chi connectivity index (χ0) is 14.9. The molecule has 7 nitrogen and oxygen atoms in total. The molecule has 1 saturated heterocycles. The zero-order valence-electron chi connectivity index (χ0n) is 11.1. The SMILES string of the molecule is O=C(NC1CCS(=O)(=O)C1)c1cnn(-c2ccccc2)n1. The number of sulfone groups is 1. The van der Waals surface area contributed by atoms with E-state index in [0.717, 1.165) is 5.69 Å². The van der Waals surface area contributed by atoms with Gasteiger partial charge in [-0.15, -0.1) is 5.10 Å². The number of benzene rings is 1. The van der Waals surface area contributed by atoms with Crippen LogP contribution in [0.1, 0.15) is 16.9 Å². The summed E-state index contributed by atoms with van der Waals surface area (Å²) in [6.45, 7) is 0. The average Bonchev–Trinajstić information content (AvgIpc) is 3.07. The molecule has 0 spiro atoms. The van der Waals surface area contributed by atoms with Gasteiger partial charge in [0.05, 0.1) is 23.4 Å². The van der Waals surface area contributed by atoms with Crippen molar-refractivity contribution in [2.24, 2.45) is 0 Å². The zero-order valence-corrected chi connectivity index (χ0v) is 12.0. The summed E-state index contributed by atoms with van der Waals surface area (Å²) in [4.78, 5) is 13.4. The van der Waals surface area contributed by atoms with Gasteiger partial charge in [0.1, 0.15) is 0 Å². The monoisotopic (exact) mass is 306 g/mol. The minimum absolute atomic E-state index is 0.00837. The molecule has 0 bridgehead atoms. The summed E-state index contributed by atoms with van der Waals surface area (Å²) in [6.07, 6.45) is 1.81. The van der Waals surface area contributed by atoms with E-state index in [9.17, 15) is 13.2 Å². The summed E-state index contributed by atoms with van der Waals surface area (Å²) in [5.74, 6) is -0.292. The minimum Gasteiger partial charge on any atom is -0.347 e. The number of rotatable bonds is 3. The van der Waals surface area contributed by atoms with Crippen LogP contribution in [-0.4, -0.2) is 46.9 Å². The van der Waals surface area contributed by atoms with Crippen LogP contribution in [0.15, 0.2) is 36.5 Å². The van der Waals surface area contributed by atoms with Gasteiger partial charge in [-0.3, -0.25) is 4.79 Å². The molecule has 1 aliphatic heterocycles. The lowest BCUT2D eigenvalue weighted by Gasteiger charge is -2.08. The molecule has 8 heteroatoms. The van der Waals surface area contributed by atoms with Gasteiger partial charge in [-0.1, -0.05) is 18.2 Å². The van der Waals surface area contributed by atoms with E-state index in [4.69, 9.17) is 0 Å². The Morgan fingerprint density at radius 3 is 2.71 bits per heavy atom. The standard InChI is InChI=1S/C13H14N4O3S/c18-13(15-10-6-7-21(19,20)9-10)12-8-14-17(16-12)11-4-2-1-3-5-11/h1-5,8,10H,6-7,9H2,(H,15,18). The van der Waals surface area contributed by atoms with Crippen LogP contribution in [0, 0.1) is 0 Å². The van der Waals surface area contributed by atoms with Crippen molar-refractivity contribution in [3.63, 3.8) is 0 Å². The molecule has 0 saturated carbocycles. The largest absolute Gasteiger partial charge is 0.347 e. The molecule has 1 aliphatic rings. The number of hydrogen-bond donors (Lipinski definition) is 1. The first-order valence-corrected chi connectivity index (χ1v) is 8.35. The quantitative estimate of drug-likeness (QED) is 0.873. The molecule has 2 aromatic rings. The number of aromatic nitrogens is 3. The fourth-order valence-electron chi connectivity index (χ4n) is 2.22. The highest BCUT2D eigenvalue weighted by Gasteiger charge is 2.29. The summed E-state index contributed by atoms with van der Waals surface area (Å²) in [6, 6.07) is 8.88. The van der Waals surface area contributed by atoms with Gasteiger partial charge in [0.2, 0.25) is 0 Å². The van der Waals surface area contributed by atoms with Crippen molar-refractivity contribution in [3.8, 4) is 5.69 Å². The van der Waals surface area contributed by atoms with Crippen LogP contribution in [-0.2, 0) is 9.84 Å². The van der Waals surface area contributed by atoms with E-state index < -0.39 is 15.7 Å². The molecule has 21 heavy (non-hydrogen) atoms. The van der Waals surface area contributed by atoms with Crippen molar-refractivity contribution < 1.29 is 13.2 Å². The van der Waals surface area contributed by atoms with E-state index in [0.29, 0.717) is 6.42 Å². The third-order valence-corrected chi connectivity index (χ3v) is 5.05. The molecule has 0 radical (unpaired) electrons. The van der Waals surface area contributed by atoms with Gasteiger partial charge in [-0.2, -0.15) is 9.90 Å². The Kier molecular flexibility index (Phi) is 3.46. The van der Waals surface area contributed by atoms with Crippen molar-refractivity contribution >= 4 is 15.7 Å². The molecule has 1 aromatic heterocycles. The molecule has 110 valence electrons. The molecule has 0 aliphatic carbocycles. The second-order valence-electron chi connectivity index (χ2n) is 4.93.